The first kappa shape index (κ1) is 22.2. The van der Waals surface area contributed by atoms with Crippen molar-refractivity contribution in [2.75, 3.05) is 28.4 Å². The number of nitro benzene ring substituents is 1. The predicted octanol–water partition coefficient (Wildman–Crippen LogP) is 3.00. The largest absolute Gasteiger partial charge is 0.496 e. The summed E-state index contributed by atoms with van der Waals surface area (Å²) < 4.78 is 21.4. The zero-order valence-electron chi connectivity index (χ0n) is 16.0. The van der Waals surface area contributed by atoms with Crippen molar-refractivity contribution in [3.8, 4) is 23.0 Å². The Balaban J connectivity index is 2.37. The molecule has 1 N–H and O–H groups in total. The molecule has 0 saturated heterocycles. The maximum atomic E-state index is 12.6. The van der Waals surface area contributed by atoms with Crippen LogP contribution in [0.1, 0.15) is 15.9 Å². The number of carbonyl (C=O) groups excluding carboxylic acids is 1. The van der Waals surface area contributed by atoms with E-state index in [4.69, 9.17) is 18.9 Å². The van der Waals surface area contributed by atoms with Gasteiger partial charge in [-0.25, -0.2) is 5.43 Å². The van der Waals surface area contributed by atoms with Crippen molar-refractivity contribution < 1.29 is 28.7 Å². The third-order valence-corrected chi connectivity index (χ3v) is 4.63. The van der Waals surface area contributed by atoms with Gasteiger partial charge in [0.1, 0.15) is 11.3 Å². The molecule has 0 saturated carbocycles. The van der Waals surface area contributed by atoms with E-state index in [0.717, 1.165) is 3.57 Å². The minimum Gasteiger partial charge on any atom is -0.496 e. The fourth-order valence-corrected chi connectivity index (χ4v) is 3.24. The molecule has 0 heterocycles. The molecule has 2 rings (SSSR count). The van der Waals surface area contributed by atoms with Crippen molar-refractivity contribution >= 4 is 40.4 Å². The molecule has 1 amide bonds. The SMILES string of the molecule is COc1ccc(/C=N/NC(=O)c2cc(OC)c(OC)c(OC)c2[N+](=O)[O-])cc1I. The first-order valence-electron chi connectivity index (χ1n) is 8.02. The topological polar surface area (TPSA) is 122 Å². The van der Waals surface area contributed by atoms with Crippen LogP contribution < -0.4 is 24.4 Å². The van der Waals surface area contributed by atoms with Gasteiger partial charge in [-0.15, -0.1) is 0 Å². The van der Waals surface area contributed by atoms with Crippen molar-refractivity contribution in [2.45, 2.75) is 0 Å². The second-order valence-electron chi connectivity index (χ2n) is 5.39. The Kier molecular flexibility index (Phi) is 7.59. The van der Waals surface area contributed by atoms with Gasteiger partial charge in [-0.3, -0.25) is 14.9 Å². The molecule has 0 aliphatic heterocycles. The summed E-state index contributed by atoms with van der Waals surface area (Å²) in [6, 6.07) is 6.51. The highest BCUT2D eigenvalue weighted by Gasteiger charge is 2.32. The first-order chi connectivity index (χ1) is 13.9. The number of ether oxygens (including phenoxy) is 4. The van der Waals surface area contributed by atoms with Crippen molar-refractivity contribution in [1.29, 1.82) is 0 Å². The zero-order chi connectivity index (χ0) is 21.6. The lowest BCUT2D eigenvalue weighted by atomic mass is 10.1. The van der Waals surface area contributed by atoms with Crippen LogP contribution in [0.15, 0.2) is 29.4 Å². The van der Waals surface area contributed by atoms with Crippen LogP contribution in [0, 0.1) is 13.7 Å². The number of halogens is 1. The van der Waals surface area contributed by atoms with Crippen molar-refractivity contribution in [2.24, 2.45) is 5.10 Å². The van der Waals surface area contributed by atoms with Crippen LogP contribution in [0.25, 0.3) is 0 Å². The summed E-state index contributed by atoms with van der Waals surface area (Å²) in [5, 5.41) is 15.4. The minimum absolute atomic E-state index is 0.00885. The Morgan fingerprint density at radius 2 is 1.72 bits per heavy atom. The summed E-state index contributed by atoms with van der Waals surface area (Å²) in [7, 11) is 5.45. The summed E-state index contributed by atoms with van der Waals surface area (Å²) in [6.07, 6.45) is 1.41. The molecule has 0 aliphatic carbocycles. The Bertz CT molecular complexity index is 963. The number of hydrogen-bond donors (Lipinski definition) is 1. The van der Waals surface area contributed by atoms with Gasteiger partial charge in [0.25, 0.3) is 5.91 Å². The quantitative estimate of drug-likeness (QED) is 0.248. The van der Waals surface area contributed by atoms with E-state index in [0.29, 0.717) is 11.3 Å². The molecule has 0 aromatic heterocycles. The number of hydrazone groups is 1. The van der Waals surface area contributed by atoms with Crippen LogP contribution in [-0.4, -0.2) is 45.5 Å². The Morgan fingerprint density at radius 3 is 2.24 bits per heavy atom. The molecule has 2 aromatic rings. The number of nitrogens with zero attached hydrogens (tertiary/aromatic N) is 2. The maximum absolute atomic E-state index is 12.6. The van der Waals surface area contributed by atoms with E-state index in [2.05, 4.69) is 33.1 Å². The number of methoxy groups -OCH3 is 4. The van der Waals surface area contributed by atoms with Gasteiger partial charge in [0.2, 0.25) is 11.5 Å². The molecule has 11 heteroatoms. The summed E-state index contributed by atoms with van der Waals surface area (Å²) in [4.78, 5) is 23.4. The molecule has 0 atom stereocenters. The Labute approximate surface area is 180 Å². The predicted molar refractivity (Wildman–Crippen MR) is 114 cm³/mol. The third-order valence-electron chi connectivity index (χ3n) is 3.79. The molecule has 0 bridgehead atoms. The van der Waals surface area contributed by atoms with Crippen LogP contribution in [0.3, 0.4) is 0 Å². The highest BCUT2D eigenvalue weighted by molar-refractivity contribution is 14.1. The molecule has 29 heavy (non-hydrogen) atoms. The van der Waals surface area contributed by atoms with Crippen molar-refractivity contribution in [3.63, 3.8) is 0 Å². The molecule has 0 radical (unpaired) electrons. The Morgan fingerprint density at radius 1 is 1.07 bits per heavy atom. The van der Waals surface area contributed by atoms with Crippen LogP contribution >= 0.6 is 22.6 Å². The average molecular weight is 515 g/mol. The molecule has 0 spiro atoms. The standard InChI is InChI=1S/C18H18IN3O7/c1-26-13-6-5-10(7-12(13)19)9-20-21-18(23)11-8-14(27-2)16(28-3)17(29-4)15(11)22(24)25/h5-9H,1-4H3,(H,21,23)/b20-9+. The van der Waals surface area contributed by atoms with Crippen LogP contribution in [0.2, 0.25) is 0 Å². The molecule has 0 fully saturated rings. The first-order valence-corrected chi connectivity index (χ1v) is 9.10. The summed E-state index contributed by atoms with van der Waals surface area (Å²) in [6.45, 7) is 0. The molecule has 2 aromatic carbocycles. The van der Waals surface area contributed by atoms with Gasteiger partial charge in [-0.05, 0) is 46.4 Å². The monoisotopic (exact) mass is 515 g/mol. The second-order valence-corrected chi connectivity index (χ2v) is 6.55. The van der Waals surface area contributed by atoms with Gasteiger partial charge in [-0.1, -0.05) is 0 Å². The van der Waals surface area contributed by atoms with E-state index in [1.807, 2.05) is 0 Å². The zero-order valence-corrected chi connectivity index (χ0v) is 18.2. The maximum Gasteiger partial charge on any atom is 0.327 e. The molecule has 154 valence electrons. The van der Waals surface area contributed by atoms with E-state index in [1.54, 1.807) is 25.3 Å². The van der Waals surface area contributed by atoms with E-state index in [-0.39, 0.29) is 22.8 Å². The lowest BCUT2D eigenvalue weighted by molar-refractivity contribution is -0.386. The van der Waals surface area contributed by atoms with Gasteiger partial charge >= 0.3 is 5.69 Å². The van der Waals surface area contributed by atoms with Gasteiger partial charge in [0.15, 0.2) is 5.75 Å². The Hall–Kier alpha value is -3.09. The normalized spacial score (nSPS) is 10.5. The number of benzene rings is 2. The highest BCUT2D eigenvalue weighted by atomic mass is 127. The van der Waals surface area contributed by atoms with Crippen LogP contribution in [0.4, 0.5) is 5.69 Å². The fourth-order valence-electron chi connectivity index (χ4n) is 2.48. The van der Waals surface area contributed by atoms with E-state index in [1.165, 1.54) is 33.6 Å². The fraction of sp³-hybridized carbons (Fsp3) is 0.222. The molecule has 0 aliphatic rings. The van der Waals surface area contributed by atoms with Crippen LogP contribution in [0.5, 0.6) is 23.0 Å². The summed E-state index contributed by atoms with van der Waals surface area (Å²) >= 11 is 2.11. The van der Waals surface area contributed by atoms with Gasteiger partial charge in [0.05, 0.1) is 43.1 Å². The third kappa shape index (κ3) is 4.85. The van der Waals surface area contributed by atoms with Gasteiger partial charge < -0.3 is 18.9 Å². The van der Waals surface area contributed by atoms with Gasteiger partial charge in [0, 0.05) is 6.07 Å². The molecular weight excluding hydrogens is 497 g/mol. The highest BCUT2D eigenvalue weighted by Crippen LogP contribution is 2.46. The smallest absolute Gasteiger partial charge is 0.327 e. The van der Waals surface area contributed by atoms with Crippen molar-refractivity contribution in [1.82, 2.24) is 5.43 Å². The lowest BCUT2D eigenvalue weighted by Crippen LogP contribution is -2.20. The average Bonchev–Trinajstić information content (AvgIpc) is 2.71. The number of carbonyl (C=O) groups is 1. The minimum atomic E-state index is -0.810. The number of nitro groups is 1. The molecular formula is C18H18IN3O7. The van der Waals surface area contributed by atoms with E-state index < -0.39 is 16.5 Å². The number of rotatable bonds is 8. The lowest BCUT2D eigenvalue weighted by Gasteiger charge is -2.14. The number of nitrogens with one attached hydrogen (secondary N) is 1. The van der Waals surface area contributed by atoms with E-state index >= 15 is 0 Å². The summed E-state index contributed by atoms with van der Waals surface area (Å²) in [5.74, 6) is -0.214. The van der Waals surface area contributed by atoms with E-state index in [9.17, 15) is 14.9 Å². The second kappa shape index (κ2) is 9.91. The molecule has 10 nitrogen and oxygen atoms in total. The van der Waals surface area contributed by atoms with Crippen molar-refractivity contribution in [3.05, 3.63) is 49.1 Å². The van der Waals surface area contributed by atoms with Crippen LogP contribution in [-0.2, 0) is 0 Å². The number of hydrogen-bond acceptors (Lipinski definition) is 8. The molecule has 0 unspecified atom stereocenters. The van der Waals surface area contributed by atoms with Gasteiger partial charge in [-0.2, -0.15) is 5.10 Å². The number of amides is 1. The summed E-state index contributed by atoms with van der Waals surface area (Å²) in [5.41, 5.74) is 2.13.